The van der Waals surface area contributed by atoms with Crippen LogP contribution in [-0.2, 0) is 0 Å². The second kappa shape index (κ2) is 7.46. The molecule has 28 heavy (non-hydrogen) atoms. The summed E-state index contributed by atoms with van der Waals surface area (Å²) in [7, 11) is 0. The van der Waals surface area contributed by atoms with E-state index in [1.165, 1.54) is 14.6 Å². The molecule has 0 bridgehead atoms. The van der Waals surface area contributed by atoms with Crippen LogP contribution >= 0.6 is 22.7 Å². The van der Waals surface area contributed by atoms with Crippen molar-refractivity contribution >= 4 is 22.7 Å². The molecular weight excluding hydrogens is 382 g/mol. The van der Waals surface area contributed by atoms with E-state index in [1.807, 2.05) is 36.4 Å². The van der Waals surface area contributed by atoms with E-state index >= 15 is 0 Å². The Labute approximate surface area is 171 Å². The minimum atomic E-state index is 0.852. The van der Waals surface area contributed by atoms with Crippen LogP contribution in [0.3, 0.4) is 0 Å². The highest BCUT2D eigenvalue weighted by atomic mass is 32.1. The lowest BCUT2D eigenvalue weighted by Crippen LogP contribution is -1.93. The van der Waals surface area contributed by atoms with Crippen molar-refractivity contribution in [2.45, 2.75) is 0 Å². The highest BCUT2D eigenvalue weighted by molar-refractivity contribution is 7.23. The first-order valence-corrected chi connectivity index (χ1v) is 10.6. The van der Waals surface area contributed by atoms with Crippen LogP contribution in [0.2, 0.25) is 0 Å². The molecular formula is C23H15N3S2. The van der Waals surface area contributed by atoms with Gasteiger partial charge in [-0.1, -0.05) is 18.2 Å². The highest BCUT2D eigenvalue weighted by Crippen LogP contribution is 2.38. The molecule has 0 amide bonds. The van der Waals surface area contributed by atoms with Crippen molar-refractivity contribution in [3.8, 4) is 43.0 Å². The van der Waals surface area contributed by atoms with Crippen LogP contribution in [0.4, 0.5) is 0 Å². The average molecular weight is 398 g/mol. The molecule has 0 saturated heterocycles. The van der Waals surface area contributed by atoms with Crippen molar-refractivity contribution in [1.82, 2.24) is 15.0 Å². The van der Waals surface area contributed by atoms with Crippen molar-refractivity contribution in [1.29, 1.82) is 0 Å². The lowest BCUT2D eigenvalue weighted by Gasteiger charge is -2.08. The van der Waals surface area contributed by atoms with Crippen molar-refractivity contribution in [2.75, 3.05) is 0 Å². The number of thiophene rings is 2. The van der Waals surface area contributed by atoms with E-state index in [0.29, 0.717) is 0 Å². The maximum atomic E-state index is 4.84. The standard InChI is InChI=1S/C23H15N3S2/c1-3-11-24-17(6-1)19-14-16(15-20(26-19)18-7-2-4-12-25-18)21-9-10-23(28-21)22-8-5-13-27-22/h1-15H. The summed E-state index contributed by atoms with van der Waals surface area (Å²) in [5.74, 6) is 0. The molecule has 0 saturated carbocycles. The number of hydrogen-bond acceptors (Lipinski definition) is 5. The molecule has 5 aromatic rings. The van der Waals surface area contributed by atoms with Crippen LogP contribution in [0.5, 0.6) is 0 Å². The summed E-state index contributed by atoms with van der Waals surface area (Å²) in [6.07, 6.45) is 3.59. The third-order valence-electron chi connectivity index (χ3n) is 4.33. The molecule has 0 aliphatic carbocycles. The van der Waals surface area contributed by atoms with E-state index in [2.05, 4.69) is 51.7 Å². The molecule has 0 fully saturated rings. The van der Waals surface area contributed by atoms with Crippen LogP contribution in [0, 0.1) is 0 Å². The summed E-state index contributed by atoms with van der Waals surface area (Å²) in [6.45, 7) is 0. The molecule has 0 aliphatic heterocycles. The van der Waals surface area contributed by atoms with E-state index in [9.17, 15) is 0 Å². The van der Waals surface area contributed by atoms with Gasteiger partial charge in [0.15, 0.2) is 0 Å². The molecule has 5 heteroatoms. The molecule has 0 N–H and O–H groups in total. The second-order valence-corrected chi connectivity index (χ2v) is 8.23. The Bertz CT molecular complexity index is 1140. The Kier molecular flexibility index (Phi) is 4.53. The molecule has 5 heterocycles. The molecule has 3 nitrogen and oxygen atoms in total. The van der Waals surface area contributed by atoms with E-state index in [4.69, 9.17) is 4.98 Å². The number of aromatic nitrogens is 3. The Morgan fingerprint density at radius 3 is 1.82 bits per heavy atom. The third-order valence-corrected chi connectivity index (χ3v) is 6.53. The third kappa shape index (κ3) is 3.38. The van der Waals surface area contributed by atoms with Gasteiger partial charge in [0.1, 0.15) is 0 Å². The second-order valence-electron chi connectivity index (χ2n) is 6.20. The molecule has 0 aliphatic rings. The first-order chi connectivity index (χ1) is 13.9. The predicted octanol–water partition coefficient (Wildman–Crippen LogP) is 6.66. The molecule has 0 aromatic carbocycles. The van der Waals surface area contributed by atoms with Gasteiger partial charge in [-0.25, -0.2) is 4.98 Å². The molecule has 5 aromatic heterocycles. The Hall–Kier alpha value is -3.15. The maximum Gasteiger partial charge on any atom is 0.0900 e. The monoisotopic (exact) mass is 397 g/mol. The fraction of sp³-hybridized carbons (Fsp3) is 0. The van der Waals surface area contributed by atoms with Crippen LogP contribution in [0.15, 0.2) is 90.6 Å². The van der Waals surface area contributed by atoms with Gasteiger partial charge < -0.3 is 0 Å². The number of hydrogen-bond donors (Lipinski definition) is 0. The van der Waals surface area contributed by atoms with Gasteiger partial charge in [-0.2, -0.15) is 0 Å². The van der Waals surface area contributed by atoms with E-state index in [1.54, 1.807) is 35.1 Å². The minimum absolute atomic E-state index is 0.852. The number of pyridine rings is 3. The quantitative estimate of drug-likeness (QED) is 0.340. The molecule has 0 radical (unpaired) electrons. The van der Waals surface area contributed by atoms with E-state index in [0.717, 1.165) is 28.3 Å². The van der Waals surface area contributed by atoms with Crippen LogP contribution in [-0.4, -0.2) is 15.0 Å². The van der Waals surface area contributed by atoms with Crippen molar-refractivity contribution in [3.63, 3.8) is 0 Å². The van der Waals surface area contributed by atoms with E-state index in [-0.39, 0.29) is 0 Å². The van der Waals surface area contributed by atoms with Gasteiger partial charge >= 0.3 is 0 Å². The minimum Gasteiger partial charge on any atom is -0.255 e. The Morgan fingerprint density at radius 2 is 1.25 bits per heavy atom. The van der Waals surface area contributed by atoms with Gasteiger partial charge in [-0.15, -0.1) is 22.7 Å². The molecule has 5 rings (SSSR count). The Morgan fingerprint density at radius 1 is 0.571 bits per heavy atom. The first kappa shape index (κ1) is 17.0. The van der Waals surface area contributed by atoms with Crippen molar-refractivity contribution < 1.29 is 0 Å². The van der Waals surface area contributed by atoms with Gasteiger partial charge in [0, 0.05) is 27.0 Å². The van der Waals surface area contributed by atoms with Gasteiger partial charge in [0.2, 0.25) is 0 Å². The summed E-state index contributed by atoms with van der Waals surface area (Å²) in [6, 6.07) is 24.6. The maximum absolute atomic E-state index is 4.84. The average Bonchev–Trinajstić information content (AvgIpc) is 3.47. The zero-order chi connectivity index (χ0) is 18.8. The van der Waals surface area contributed by atoms with Gasteiger partial charge in [0.25, 0.3) is 0 Å². The summed E-state index contributed by atoms with van der Waals surface area (Å²) < 4.78 is 0. The SMILES string of the molecule is c1ccc(-c2cc(-c3ccc(-c4cccs4)s3)cc(-c3ccccn3)n2)nc1. The number of nitrogens with zero attached hydrogens (tertiary/aromatic N) is 3. The summed E-state index contributed by atoms with van der Waals surface area (Å²) in [5.41, 5.74) is 4.55. The van der Waals surface area contributed by atoms with Crippen LogP contribution in [0.1, 0.15) is 0 Å². The predicted molar refractivity (Wildman–Crippen MR) is 117 cm³/mol. The Balaban J connectivity index is 1.65. The normalized spacial score (nSPS) is 10.9. The lowest BCUT2D eigenvalue weighted by molar-refractivity contribution is 1.22. The number of rotatable bonds is 4. The lowest BCUT2D eigenvalue weighted by atomic mass is 10.1. The summed E-state index contributed by atoms with van der Waals surface area (Å²) in [5, 5.41) is 2.11. The fourth-order valence-corrected chi connectivity index (χ4v) is 4.84. The summed E-state index contributed by atoms with van der Waals surface area (Å²) in [4.78, 5) is 17.6. The molecule has 0 atom stereocenters. The topological polar surface area (TPSA) is 38.7 Å². The summed E-state index contributed by atoms with van der Waals surface area (Å²) >= 11 is 3.56. The van der Waals surface area contributed by atoms with Crippen molar-refractivity contribution in [2.24, 2.45) is 0 Å². The van der Waals surface area contributed by atoms with Gasteiger partial charge in [-0.05, 0) is 65.5 Å². The highest BCUT2D eigenvalue weighted by Gasteiger charge is 2.12. The van der Waals surface area contributed by atoms with Crippen LogP contribution < -0.4 is 0 Å². The largest absolute Gasteiger partial charge is 0.255 e. The molecule has 134 valence electrons. The van der Waals surface area contributed by atoms with Gasteiger partial charge in [0.05, 0.1) is 22.8 Å². The zero-order valence-electron chi connectivity index (χ0n) is 14.8. The zero-order valence-corrected chi connectivity index (χ0v) is 16.5. The van der Waals surface area contributed by atoms with Gasteiger partial charge in [-0.3, -0.25) is 9.97 Å². The van der Waals surface area contributed by atoms with E-state index < -0.39 is 0 Å². The molecule has 0 spiro atoms. The van der Waals surface area contributed by atoms with Crippen LogP contribution in [0.25, 0.3) is 43.0 Å². The van der Waals surface area contributed by atoms with Crippen molar-refractivity contribution in [3.05, 3.63) is 90.6 Å². The smallest absolute Gasteiger partial charge is 0.0900 e. The fourth-order valence-electron chi connectivity index (χ4n) is 3.01. The molecule has 0 unspecified atom stereocenters. The first-order valence-electron chi connectivity index (χ1n) is 8.86.